The van der Waals surface area contributed by atoms with E-state index in [1.807, 2.05) is 12.1 Å². The van der Waals surface area contributed by atoms with Crippen molar-refractivity contribution >= 4 is 5.97 Å². The monoisotopic (exact) mass is 418 g/mol. The molecule has 0 bridgehead atoms. The molecule has 5 N–H and O–H groups in total. The highest BCUT2D eigenvalue weighted by Gasteiger charge is 2.52. The summed E-state index contributed by atoms with van der Waals surface area (Å²) in [6, 6.07) is 5.85. The van der Waals surface area contributed by atoms with Crippen molar-refractivity contribution in [3.63, 3.8) is 0 Å². The topological polar surface area (TPSA) is 98.6 Å². The number of hydrogen-bond donors (Lipinski definition) is 3. The van der Waals surface area contributed by atoms with Crippen molar-refractivity contribution in [1.82, 2.24) is 0 Å². The summed E-state index contributed by atoms with van der Waals surface area (Å²) in [4.78, 5) is 11.0. The molecule has 0 saturated carbocycles. The number of fused-ring (bicyclic) bond motifs is 1. The lowest BCUT2D eigenvalue weighted by molar-refractivity contribution is -0.139. The first kappa shape index (κ1) is 24.7. The number of hydrogen-bond acceptors (Lipinski definition) is 4. The molecule has 170 valence electrons. The maximum absolute atomic E-state index is 11.0. The molecule has 1 aliphatic carbocycles. The molecule has 2 unspecified atom stereocenters. The van der Waals surface area contributed by atoms with Crippen LogP contribution >= 0.6 is 0 Å². The van der Waals surface area contributed by atoms with Gasteiger partial charge in [-0.05, 0) is 48.3 Å². The average Bonchev–Trinajstić information content (AvgIpc) is 2.72. The number of rotatable bonds is 12. The van der Waals surface area contributed by atoms with Gasteiger partial charge in [-0.1, -0.05) is 78.4 Å². The van der Waals surface area contributed by atoms with Gasteiger partial charge in [0.05, 0.1) is 0 Å². The molecule has 0 amide bonds. The van der Waals surface area contributed by atoms with Crippen LogP contribution in [0.5, 0.6) is 5.75 Å². The first-order valence-corrected chi connectivity index (χ1v) is 11.7. The predicted molar refractivity (Wildman–Crippen MR) is 123 cm³/mol. The van der Waals surface area contributed by atoms with Crippen LogP contribution < -0.4 is 16.2 Å². The fourth-order valence-electron chi connectivity index (χ4n) is 5.12. The van der Waals surface area contributed by atoms with Crippen LogP contribution in [0.4, 0.5) is 0 Å². The van der Waals surface area contributed by atoms with Crippen LogP contribution in [0.3, 0.4) is 0 Å². The van der Waals surface area contributed by atoms with Gasteiger partial charge in [0.1, 0.15) is 5.75 Å². The van der Waals surface area contributed by atoms with E-state index in [1.165, 1.54) is 38.5 Å². The second kappa shape index (κ2) is 10.6. The van der Waals surface area contributed by atoms with E-state index in [1.54, 1.807) is 0 Å². The molecule has 1 aromatic carbocycles. The summed E-state index contributed by atoms with van der Waals surface area (Å²) in [6.07, 6.45) is 9.68. The molecule has 5 nitrogen and oxygen atoms in total. The van der Waals surface area contributed by atoms with E-state index in [0.717, 1.165) is 17.5 Å². The third kappa shape index (κ3) is 5.36. The Morgan fingerprint density at radius 3 is 2.47 bits per heavy atom. The number of nitrogens with two attached hydrogens (primary N) is 2. The maximum atomic E-state index is 11.0. The van der Waals surface area contributed by atoms with Gasteiger partial charge in [0.25, 0.3) is 0 Å². The molecular weight excluding hydrogens is 376 g/mol. The van der Waals surface area contributed by atoms with Crippen molar-refractivity contribution in [3.8, 4) is 5.75 Å². The molecule has 5 heteroatoms. The van der Waals surface area contributed by atoms with Gasteiger partial charge in [-0.25, -0.2) is 4.79 Å². The first-order chi connectivity index (χ1) is 14.2. The molecule has 4 atom stereocenters. The van der Waals surface area contributed by atoms with Gasteiger partial charge in [0, 0.05) is 11.1 Å². The molecule has 0 spiro atoms. The number of aliphatic carboxylic acids is 1. The Morgan fingerprint density at radius 1 is 1.13 bits per heavy atom. The van der Waals surface area contributed by atoms with Crippen LogP contribution in [0.25, 0.3) is 0 Å². The van der Waals surface area contributed by atoms with E-state index < -0.39 is 17.0 Å². The van der Waals surface area contributed by atoms with Gasteiger partial charge >= 0.3 is 5.97 Å². The Kier molecular flexibility index (Phi) is 8.74. The Balaban J connectivity index is 2.21. The van der Waals surface area contributed by atoms with Crippen molar-refractivity contribution in [1.29, 1.82) is 0 Å². The van der Waals surface area contributed by atoms with Crippen LogP contribution in [0.15, 0.2) is 18.2 Å². The highest BCUT2D eigenvalue weighted by atomic mass is 16.5. The smallest absolute Gasteiger partial charge is 0.341 e. The highest BCUT2D eigenvalue weighted by Crippen LogP contribution is 2.45. The summed E-state index contributed by atoms with van der Waals surface area (Å²) >= 11 is 0. The predicted octanol–water partition coefficient (Wildman–Crippen LogP) is 4.69. The molecule has 1 aliphatic rings. The van der Waals surface area contributed by atoms with E-state index in [2.05, 4.69) is 33.8 Å². The van der Waals surface area contributed by atoms with E-state index in [-0.39, 0.29) is 12.5 Å². The van der Waals surface area contributed by atoms with Gasteiger partial charge < -0.3 is 21.3 Å². The molecule has 0 heterocycles. The molecule has 1 aromatic rings. The van der Waals surface area contributed by atoms with Crippen molar-refractivity contribution < 1.29 is 14.6 Å². The average molecular weight is 419 g/mol. The van der Waals surface area contributed by atoms with Gasteiger partial charge in [-0.3, -0.25) is 0 Å². The van der Waals surface area contributed by atoms with Crippen molar-refractivity contribution in [2.45, 2.75) is 96.6 Å². The van der Waals surface area contributed by atoms with Gasteiger partial charge in [0.15, 0.2) is 6.61 Å². The summed E-state index contributed by atoms with van der Waals surface area (Å²) in [5, 5.41) is 8.99. The minimum Gasteiger partial charge on any atom is -0.482 e. The molecule has 30 heavy (non-hydrogen) atoms. The summed E-state index contributed by atoms with van der Waals surface area (Å²) < 4.78 is 5.57. The third-order valence-electron chi connectivity index (χ3n) is 7.54. The Morgan fingerprint density at radius 2 is 1.83 bits per heavy atom. The number of carboxylic acid groups (broad SMARTS) is 1. The summed E-state index contributed by atoms with van der Waals surface area (Å²) in [5.74, 6) is 0.425. The van der Waals surface area contributed by atoms with Crippen LogP contribution in [0.2, 0.25) is 0 Å². The fraction of sp³-hybridized carbons (Fsp3) is 0.720. The van der Waals surface area contributed by atoms with Crippen LogP contribution in [0, 0.1) is 11.8 Å². The summed E-state index contributed by atoms with van der Waals surface area (Å²) in [7, 11) is 0. The normalized spacial score (nSPS) is 25.4. The molecule has 2 rings (SSSR count). The van der Waals surface area contributed by atoms with E-state index in [4.69, 9.17) is 21.3 Å². The molecular formula is C25H42N2O3. The SMILES string of the molecule is CCCCCCCC(C)C(C)[C@@]1(N)Cc2cccc(OCC(=O)O)c2C[C@@]1(N)CC. The third-order valence-corrected chi connectivity index (χ3v) is 7.54. The van der Waals surface area contributed by atoms with Crippen LogP contribution in [0.1, 0.15) is 83.8 Å². The number of benzene rings is 1. The highest BCUT2D eigenvalue weighted by molar-refractivity contribution is 5.68. The van der Waals surface area contributed by atoms with Crippen molar-refractivity contribution in [2.75, 3.05) is 6.61 Å². The van der Waals surface area contributed by atoms with E-state index in [0.29, 0.717) is 24.5 Å². The minimum absolute atomic E-state index is 0.283. The second-order valence-electron chi connectivity index (χ2n) is 9.45. The Hall–Kier alpha value is -1.59. The fourth-order valence-corrected chi connectivity index (χ4v) is 5.12. The summed E-state index contributed by atoms with van der Waals surface area (Å²) in [6.45, 7) is 8.59. The van der Waals surface area contributed by atoms with Crippen molar-refractivity contribution in [2.24, 2.45) is 23.3 Å². The first-order valence-electron chi connectivity index (χ1n) is 11.7. The van der Waals surface area contributed by atoms with Gasteiger partial charge in [-0.2, -0.15) is 0 Å². The quantitative estimate of drug-likeness (QED) is 0.428. The molecule has 0 radical (unpaired) electrons. The lowest BCUT2D eigenvalue weighted by atomic mass is 9.57. The van der Waals surface area contributed by atoms with E-state index in [9.17, 15) is 4.79 Å². The van der Waals surface area contributed by atoms with Crippen LogP contribution in [-0.4, -0.2) is 28.8 Å². The maximum Gasteiger partial charge on any atom is 0.341 e. The minimum atomic E-state index is -0.979. The zero-order valence-electron chi connectivity index (χ0n) is 19.4. The van der Waals surface area contributed by atoms with Gasteiger partial charge in [-0.15, -0.1) is 0 Å². The van der Waals surface area contributed by atoms with E-state index >= 15 is 0 Å². The lowest BCUT2D eigenvalue weighted by Crippen LogP contribution is -2.73. The lowest BCUT2D eigenvalue weighted by Gasteiger charge is -2.54. The largest absolute Gasteiger partial charge is 0.482 e. The zero-order chi connectivity index (χ0) is 22.4. The summed E-state index contributed by atoms with van der Waals surface area (Å²) in [5.41, 5.74) is 15.3. The zero-order valence-corrected chi connectivity index (χ0v) is 19.4. The number of unbranched alkanes of at least 4 members (excludes halogenated alkanes) is 4. The molecule has 0 aliphatic heterocycles. The molecule has 0 fully saturated rings. The number of carboxylic acids is 1. The Labute approximate surface area is 182 Å². The number of carbonyl (C=O) groups is 1. The van der Waals surface area contributed by atoms with Gasteiger partial charge in [0.2, 0.25) is 0 Å². The van der Waals surface area contributed by atoms with Crippen molar-refractivity contribution in [3.05, 3.63) is 29.3 Å². The molecule has 0 saturated heterocycles. The number of ether oxygens (including phenoxy) is 1. The Bertz CT molecular complexity index is 708. The second-order valence-corrected chi connectivity index (χ2v) is 9.45. The standard InChI is InChI=1S/C25H42N2O3/c1-5-7-8-9-10-12-18(3)19(4)25(27)15-20-13-11-14-22(30-17-23(28)29)21(20)16-24(25,26)6-2/h11,13-14,18-19H,5-10,12,15-17,26-27H2,1-4H3,(H,28,29)/t18?,19?,24-,25-/m0/s1. The molecule has 0 aromatic heterocycles. The van der Waals surface area contributed by atoms with Crippen LogP contribution in [-0.2, 0) is 17.6 Å².